The second-order valence-electron chi connectivity index (χ2n) is 4.08. The third-order valence-electron chi connectivity index (χ3n) is 2.36. The van der Waals surface area contributed by atoms with Crippen LogP contribution in [0, 0.1) is 13.8 Å². The molecule has 0 aliphatic rings. The highest BCUT2D eigenvalue weighted by atomic mass is 32.2. The van der Waals surface area contributed by atoms with E-state index in [1.165, 1.54) is 40.2 Å². The number of aromatic nitrogens is 4. The Balaban J connectivity index is 1.70. The predicted molar refractivity (Wildman–Crippen MR) is 83.1 cm³/mol. The molecule has 3 rings (SSSR count). The van der Waals surface area contributed by atoms with Gasteiger partial charge in [-0.1, -0.05) is 23.5 Å². The van der Waals surface area contributed by atoms with Crippen LogP contribution >= 0.6 is 34.6 Å². The minimum Gasteiger partial charge on any atom is -0.330 e. The quantitative estimate of drug-likeness (QED) is 0.786. The number of nitrogens with zero attached hydrogens (tertiary/aromatic N) is 4. The van der Waals surface area contributed by atoms with E-state index >= 15 is 0 Å². The summed E-state index contributed by atoms with van der Waals surface area (Å²) >= 11 is 4.38. The fraction of sp³-hybridized carbons (Fsp3) is 0.167. The molecule has 0 atom stereocenters. The molecule has 2 aromatic heterocycles. The van der Waals surface area contributed by atoms with Crippen molar-refractivity contribution in [3.8, 4) is 0 Å². The smallest absolute Gasteiger partial charge is 0.210 e. The highest BCUT2D eigenvalue weighted by molar-refractivity contribution is 8.02. The van der Waals surface area contributed by atoms with Gasteiger partial charge in [-0.3, -0.25) is 0 Å². The molecule has 102 valence electrons. The number of hydrogen-bond donors (Lipinski definition) is 1. The van der Waals surface area contributed by atoms with E-state index < -0.39 is 0 Å². The van der Waals surface area contributed by atoms with Gasteiger partial charge in [-0.25, -0.2) is 4.98 Å². The lowest BCUT2D eigenvalue weighted by Gasteiger charge is -2.01. The maximum absolute atomic E-state index is 4.30. The Labute approximate surface area is 128 Å². The maximum atomic E-state index is 4.30. The molecule has 0 saturated heterocycles. The Morgan fingerprint density at radius 2 is 2.05 bits per heavy atom. The summed E-state index contributed by atoms with van der Waals surface area (Å²) in [5.74, 6) is 0.792. The van der Waals surface area contributed by atoms with Crippen molar-refractivity contribution < 1.29 is 0 Å². The van der Waals surface area contributed by atoms with Crippen molar-refractivity contribution in [1.82, 2.24) is 19.6 Å². The van der Waals surface area contributed by atoms with E-state index in [0.29, 0.717) is 0 Å². The molecular weight excluding hydrogens is 310 g/mol. The molecular formula is C12H11N5S3. The van der Waals surface area contributed by atoms with Gasteiger partial charge in [0.15, 0.2) is 8.68 Å². The number of rotatable bonds is 4. The van der Waals surface area contributed by atoms with Crippen LogP contribution in [0.4, 0.5) is 10.8 Å². The Kier molecular flexibility index (Phi) is 3.95. The summed E-state index contributed by atoms with van der Waals surface area (Å²) in [7, 11) is 0. The van der Waals surface area contributed by atoms with E-state index in [0.717, 1.165) is 25.3 Å². The second-order valence-corrected chi connectivity index (χ2v) is 7.30. The van der Waals surface area contributed by atoms with Gasteiger partial charge in [0, 0.05) is 5.69 Å². The lowest BCUT2D eigenvalue weighted by molar-refractivity contribution is 1.01. The van der Waals surface area contributed by atoms with Crippen molar-refractivity contribution >= 4 is 45.5 Å². The van der Waals surface area contributed by atoms with Gasteiger partial charge >= 0.3 is 0 Å². The van der Waals surface area contributed by atoms with Crippen LogP contribution in [0.1, 0.15) is 11.4 Å². The first-order chi connectivity index (χ1) is 9.69. The van der Waals surface area contributed by atoms with Crippen LogP contribution in [-0.4, -0.2) is 19.6 Å². The van der Waals surface area contributed by atoms with E-state index in [-0.39, 0.29) is 0 Å². The van der Waals surface area contributed by atoms with Gasteiger partial charge in [0.25, 0.3) is 0 Å². The first kappa shape index (κ1) is 13.5. The fourth-order valence-electron chi connectivity index (χ4n) is 1.54. The van der Waals surface area contributed by atoms with Crippen LogP contribution in [0.2, 0.25) is 0 Å². The number of anilines is 2. The van der Waals surface area contributed by atoms with Crippen molar-refractivity contribution in [2.24, 2.45) is 0 Å². The van der Waals surface area contributed by atoms with Crippen LogP contribution in [-0.2, 0) is 0 Å². The Morgan fingerprint density at radius 3 is 2.80 bits per heavy atom. The lowest BCUT2D eigenvalue weighted by Crippen LogP contribution is -1.89. The zero-order valence-corrected chi connectivity index (χ0v) is 13.3. The third-order valence-corrected chi connectivity index (χ3v) is 5.09. The molecule has 0 radical (unpaired) electrons. The van der Waals surface area contributed by atoms with Gasteiger partial charge in [-0.2, -0.15) is 4.37 Å². The highest BCUT2D eigenvalue weighted by Crippen LogP contribution is 2.33. The molecule has 8 heteroatoms. The minimum absolute atomic E-state index is 0.777. The van der Waals surface area contributed by atoms with E-state index in [1.54, 1.807) is 0 Å². The van der Waals surface area contributed by atoms with Gasteiger partial charge in [0.2, 0.25) is 5.13 Å². The van der Waals surface area contributed by atoms with Crippen molar-refractivity contribution in [1.29, 1.82) is 0 Å². The molecule has 20 heavy (non-hydrogen) atoms. The standard InChI is InChI=1S/C12H11N5S3/c1-7-4-3-5-9(6-7)14-10-15-16-12(18-10)19-11-13-8(2)17-20-11/h3-6H,1-2H3,(H,14,15). The summed E-state index contributed by atoms with van der Waals surface area (Å²) in [6.45, 7) is 3.94. The Hall–Kier alpha value is -1.51. The average molecular weight is 321 g/mol. The molecule has 0 bridgehead atoms. The van der Waals surface area contributed by atoms with Crippen LogP contribution < -0.4 is 5.32 Å². The van der Waals surface area contributed by atoms with E-state index in [2.05, 4.69) is 43.9 Å². The first-order valence-corrected chi connectivity index (χ1v) is 8.25. The van der Waals surface area contributed by atoms with Crippen molar-refractivity contribution in [2.45, 2.75) is 22.5 Å². The molecule has 0 fully saturated rings. The monoisotopic (exact) mass is 321 g/mol. The van der Waals surface area contributed by atoms with Crippen molar-refractivity contribution in [3.63, 3.8) is 0 Å². The van der Waals surface area contributed by atoms with Gasteiger partial charge in [0.1, 0.15) is 5.82 Å². The number of nitrogens with one attached hydrogen (secondary N) is 1. The maximum Gasteiger partial charge on any atom is 0.210 e. The minimum atomic E-state index is 0.777. The molecule has 2 heterocycles. The molecule has 0 unspecified atom stereocenters. The normalized spacial score (nSPS) is 10.7. The highest BCUT2D eigenvalue weighted by Gasteiger charge is 2.09. The molecule has 1 N–H and O–H groups in total. The van der Waals surface area contributed by atoms with E-state index in [4.69, 9.17) is 0 Å². The van der Waals surface area contributed by atoms with Gasteiger partial charge < -0.3 is 5.32 Å². The van der Waals surface area contributed by atoms with Gasteiger partial charge in [-0.05, 0) is 54.8 Å². The van der Waals surface area contributed by atoms with Crippen LogP contribution in [0.5, 0.6) is 0 Å². The lowest BCUT2D eigenvalue weighted by atomic mass is 10.2. The molecule has 0 spiro atoms. The molecule has 1 aromatic carbocycles. The van der Waals surface area contributed by atoms with Crippen molar-refractivity contribution in [2.75, 3.05) is 5.32 Å². The fourth-order valence-corrected chi connectivity index (χ4v) is 4.17. The number of aryl methyl sites for hydroxylation is 2. The largest absolute Gasteiger partial charge is 0.330 e. The average Bonchev–Trinajstić information content (AvgIpc) is 3.00. The van der Waals surface area contributed by atoms with Gasteiger partial charge in [0.05, 0.1) is 0 Å². The van der Waals surface area contributed by atoms with Crippen molar-refractivity contribution in [3.05, 3.63) is 35.7 Å². The molecule has 3 aromatic rings. The van der Waals surface area contributed by atoms with E-state index in [1.807, 2.05) is 19.1 Å². The topological polar surface area (TPSA) is 63.6 Å². The van der Waals surface area contributed by atoms with Gasteiger partial charge in [-0.15, -0.1) is 10.2 Å². The summed E-state index contributed by atoms with van der Waals surface area (Å²) < 4.78 is 5.89. The first-order valence-electron chi connectivity index (χ1n) is 5.84. The van der Waals surface area contributed by atoms with Crippen LogP contribution in [0.15, 0.2) is 32.9 Å². The zero-order valence-electron chi connectivity index (χ0n) is 10.8. The predicted octanol–water partition coefficient (Wildman–Crippen LogP) is 3.90. The van der Waals surface area contributed by atoms with Crippen LogP contribution in [0.3, 0.4) is 0 Å². The molecule has 0 aliphatic carbocycles. The Bertz CT molecular complexity index is 721. The summed E-state index contributed by atoms with van der Waals surface area (Å²) in [6.07, 6.45) is 0. The molecule has 5 nitrogen and oxygen atoms in total. The third kappa shape index (κ3) is 3.33. The molecule has 0 aliphatic heterocycles. The second kappa shape index (κ2) is 5.86. The summed E-state index contributed by atoms with van der Waals surface area (Å²) in [6, 6.07) is 8.15. The van der Waals surface area contributed by atoms with E-state index in [9.17, 15) is 0 Å². The Morgan fingerprint density at radius 1 is 1.15 bits per heavy atom. The number of hydrogen-bond acceptors (Lipinski definition) is 8. The SMILES string of the molecule is Cc1cccc(Nc2nnc(Sc3nc(C)ns3)s2)c1. The zero-order chi connectivity index (χ0) is 13.9. The summed E-state index contributed by atoms with van der Waals surface area (Å²) in [5.41, 5.74) is 2.22. The van der Waals surface area contributed by atoms with Crippen LogP contribution in [0.25, 0.3) is 0 Å². The molecule has 0 amide bonds. The summed E-state index contributed by atoms with van der Waals surface area (Å²) in [5, 5.41) is 12.3. The summed E-state index contributed by atoms with van der Waals surface area (Å²) in [4.78, 5) is 4.30. The molecule has 0 saturated carbocycles. The number of benzene rings is 1.